The van der Waals surface area contributed by atoms with Crippen LogP contribution in [0.15, 0.2) is 35.4 Å². The number of pyridine rings is 1. The first-order valence-corrected chi connectivity index (χ1v) is 16.6. The Morgan fingerprint density at radius 2 is 1.81 bits per heavy atom. The summed E-state index contributed by atoms with van der Waals surface area (Å²) in [4.78, 5) is 5.30. The fourth-order valence-corrected chi connectivity index (χ4v) is 24.4. The van der Waals surface area contributed by atoms with Crippen LogP contribution >= 0.6 is 71.5 Å². The number of hydrogen-bond acceptors (Lipinski definition) is 8. The number of hydrogen-bond donors (Lipinski definition) is 2. The molecule has 1 aliphatic rings. The molecule has 1 aliphatic heterocycles. The van der Waals surface area contributed by atoms with E-state index in [2.05, 4.69) is 9.71 Å². The molecule has 0 bridgehead atoms. The summed E-state index contributed by atoms with van der Waals surface area (Å²) in [7, 11) is 4.37. The lowest BCUT2D eigenvalue weighted by molar-refractivity contribution is 0.414. The second-order valence-corrected chi connectivity index (χ2v) is 18.8. The third-order valence-electron chi connectivity index (χ3n) is 3.02. The topological polar surface area (TPSA) is 68.3 Å². The third-order valence-corrected chi connectivity index (χ3v) is 20.5. The van der Waals surface area contributed by atoms with Crippen LogP contribution in [0.3, 0.4) is 0 Å². The smallest absolute Gasteiger partial charge is 0.238 e. The van der Waals surface area contributed by atoms with Gasteiger partial charge in [0.15, 0.2) is 11.6 Å². The van der Waals surface area contributed by atoms with Gasteiger partial charge in [-0.3, -0.25) is 4.72 Å². The van der Waals surface area contributed by atoms with Crippen LogP contribution in [-0.4, -0.2) is 20.5 Å². The van der Waals surface area contributed by atoms with E-state index in [9.17, 15) is 8.42 Å². The molecule has 2 aromatic rings. The molecule has 1 aromatic heterocycles. The number of ether oxygens (including phenoxy) is 1. The highest BCUT2D eigenvalue weighted by Crippen LogP contribution is 2.78. The third kappa shape index (κ3) is 5.63. The first kappa shape index (κ1) is 21.0. The Kier molecular flexibility index (Phi) is 7.39. The van der Waals surface area contributed by atoms with E-state index in [4.69, 9.17) is 27.9 Å². The SMILES string of the molecule is COc1cc([SH]2SSSS2)cnc1NS(=O)(=O)Cc1cc(Cl)cc(Cl)c1. The molecule has 0 radical (unpaired) electrons. The predicted molar refractivity (Wildman–Crippen MR) is 121 cm³/mol. The van der Waals surface area contributed by atoms with Crippen molar-refractivity contribution in [2.24, 2.45) is 0 Å². The maximum Gasteiger partial charge on any atom is 0.238 e. The van der Waals surface area contributed by atoms with E-state index in [1.165, 1.54) is 7.11 Å². The van der Waals surface area contributed by atoms with Crippen molar-refractivity contribution in [1.29, 1.82) is 0 Å². The second-order valence-electron chi connectivity index (χ2n) is 4.93. The molecule has 0 amide bonds. The van der Waals surface area contributed by atoms with Crippen LogP contribution in [-0.2, 0) is 15.8 Å². The lowest BCUT2D eigenvalue weighted by Crippen LogP contribution is -2.16. The van der Waals surface area contributed by atoms with Gasteiger partial charge in [-0.2, -0.15) is 0 Å². The molecular formula is C13H12Cl2N2O3S6. The molecule has 0 aliphatic carbocycles. The number of benzene rings is 1. The van der Waals surface area contributed by atoms with Gasteiger partial charge in [0.1, 0.15) is 0 Å². The van der Waals surface area contributed by atoms with Crippen LogP contribution in [0.2, 0.25) is 10.0 Å². The van der Waals surface area contributed by atoms with Crippen LogP contribution < -0.4 is 9.46 Å². The molecule has 26 heavy (non-hydrogen) atoms. The highest BCUT2D eigenvalue weighted by Gasteiger charge is 2.21. The van der Waals surface area contributed by atoms with E-state index in [1.807, 2.05) is 6.07 Å². The predicted octanol–water partition coefficient (Wildman–Crippen LogP) is 6.22. The first-order valence-electron chi connectivity index (χ1n) is 6.84. The van der Waals surface area contributed by atoms with E-state index in [0.29, 0.717) is 21.4 Å². The van der Waals surface area contributed by atoms with Gasteiger partial charge in [0.25, 0.3) is 0 Å². The van der Waals surface area contributed by atoms with E-state index in [-0.39, 0.29) is 11.6 Å². The second kappa shape index (κ2) is 9.17. The molecule has 3 rings (SSSR count). The summed E-state index contributed by atoms with van der Waals surface area (Å²) in [6.07, 6.45) is 1.69. The minimum atomic E-state index is -3.71. The number of aromatic nitrogens is 1. The van der Waals surface area contributed by atoms with Crippen molar-refractivity contribution in [3.63, 3.8) is 0 Å². The number of nitrogens with zero attached hydrogens (tertiary/aromatic N) is 1. The molecule has 0 unspecified atom stereocenters. The van der Waals surface area contributed by atoms with Crippen molar-refractivity contribution < 1.29 is 13.2 Å². The minimum Gasteiger partial charge on any atom is -0.493 e. The number of nitrogens with one attached hydrogen (secondary N) is 1. The monoisotopic (exact) mass is 506 g/mol. The summed E-state index contributed by atoms with van der Waals surface area (Å²) >= 11 is 11.9. The van der Waals surface area contributed by atoms with Crippen molar-refractivity contribution >= 4 is 87.3 Å². The number of methoxy groups -OCH3 is 1. The lowest BCUT2D eigenvalue weighted by Gasteiger charge is -2.15. The van der Waals surface area contributed by atoms with Crippen LogP contribution in [0.25, 0.3) is 0 Å². The molecule has 0 saturated carbocycles. The normalized spacial score (nSPS) is 15.9. The Labute approximate surface area is 178 Å². The molecule has 1 fully saturated rings. The van der Waals surface area contributed by atoms with Crippen LogP contribution in [0.4, 0.5) is 5.82 Å². The van der Waals surface area contributed by atoms with Crippen LogP contribution in [0.1, 0.15) is 5.56 Å². The molecular weight excluding hydrogens is 495 g/mol. The van der Waals surface area contributed by atoms with Crippen molar-refractivity contribution in [3.8, 4) is 5.75 Å². The zero-order valence-electron chi connectivity index (χ0n) is 13.0. The summed E-state index contributed by atoms with van der Waals surface area (Å²) in [6.45, 7) is 0. The number of anilines is 1. The van der Waals surface area contributed by atoms with Crippen molar-refractivity contribution in [1.82, 2.24) is 4.98 Å². The molecule has 2 heterocycles. The van der Waals surface area contributed by atoms with Gasteiger partial charge in [-0.1, -0.05) is 23.2 Å². The van der Waals surface area contributed by atoms with E-state index in [0.717, 1.165) is 4.90 Å². The molecule has 5 nitrogen and oxygen atoms in total. The largest absolute Gasteiger partial charge is 0.493 e. The summed E-state index contributed by atoms with van der Waals surface area (Å²) < 4.78 is 32.8. The van der Waals surface area contributed by atoms with Gasteiger partial charge in [-0.05, 0) is 69.1 Å². The Hall–Kier alpha value is 0.250. The number of halogens is 2. The van der Waals surface area contributed by atoms with E-state index in [1.54, 1.807) is 63.7 Å². The summed E-state index contributed by atoms with van der Waals surface area (Å²) in [5.74, 6) is 0.278. The molecule has 1 aromatic carbocycles. The van der Waals surface area contributed by atoms with Gasteiger partial charge in [0.2, 0.25) is 10.0 Å². The highest BCUT2D eigenvalue weighted by atomic mass is 35.5. The average Bonchev–Trinajstić information content (AvgIpc) is 3.07. The molecule has 13 heteroatoms. The standard InChI is InChI=1S/C13H12Cl2N2O3S6/c1-20-12-5-11(25-23-21-22-24-25)6-16-13(12)17-26(18,19)7-8-2-9(14)4-10(15)3-8/h2-6,25H,7H2,1H3,(H,16,17). The molecule has 0 spiro atoms. The zero-order chi connectivity index (χ0) is 18.7. The van der Waals surface area contributed by atoms with Crippen LogP contribution in [0.5, 0.6) is 5.75 Å². The minimum absolute atomic E-state index is 0.161. The first-order chi connectivity index (χ1) is 12.4. The summed E-state index contributed by atoms with van der Waals surface area (Å²) in [6, 6.07) is 6.51. The fourth-order valence-electron chi connectivity index (χ4n) is 2.04. The summed E-state index contributed by atoms with van der Waals surface area (Å²) in [5, 5.41) is 0.764. The fraction of sp³-hybridized carbons (Fsp3) is 0.154. The Bertz CT molecular complexity index is 888. The average molecular weight is 508 g/mol. The molecule has 142 valence electrons. The summed E-state index contributed by atoms with van der Waals surface area (Å²) in [5.41, 5.74) is 0.488. The number of sulfonamides is 1. The maximum absolute atomic E-state index is 12.5. The Balaban J connectivity index is 1.80. The van der Waals surface area contributed by atoms with Gasteiger partial charge in [0.05, 0.1) is 12.9 Å². The Morgan fingerprint density at radius 3 is 2.42 bits per heavy atom. The van der Waals surface area contributed by atoms with Gasteiger partial charge >= 0.3 is 0 Å². The quantitative estimate of drug-likeness (QED) is 0.353. The van der Waals surface area contributed by atoms with Crippen molar-refractivity contribution in [2.75, 3.05) is 11.8 Å². The number of thiol groups is 1. The van der Waals surface area contributed by atoms with Crippen molar-refractivity contribution in [2.45, 2.75) is 10.6 Å². The maximum atomic E-state index is 12.5. The van der Waals surface area contributed by atoms with Gasteiger partial charge in [0, 0.05) is 21.1 Å². The van der Waals surface area contributed by atoms with Crippen LogP contribution in [0, 0.1) is 0 Å². The van der Waals surface area contributed by atoms with Gasteiger partial charge < -0.3 is 4.74 Å². The molecule has 1 N–H and O–H groups in total. The van der Waals surface area contributed by atoms with Crippen molar-refractivity contribution in [3.05, 3.63) is 46.1 Å². The van der Waals surface area contributed by atoms with E-state index >= 15 is 0 Å². The number of rotatable bonds is 6. The zero-order valence-corrected chi connectivity index (χ0v) is 19.5. The Morgan fingerprint density at radius 1 is 1.15 bits per heavy atom. The van der Waals surface area contributed by atoms with E-state index < -0.39 is 19.0 Å². The lowest BCUT2D eigenvalue weighted by atomic mass is 10.2. The molecule has 0 atom stereocenters. The highest BCUT2D eigenvalue weighted by molar-refractivity contribution is 9.62. The molecule has 1 saturated heterocycles. The van der Waals surface area contributed by atoms with Gasteiger partial charge in [-0.15, -0.1) is 8.96 Å². The van der Waals surface area contributed by atoms with Gasteiger partial charge in [-0.25, -0.2) is 13.4 Å².